The van der Waals surface area contributed by atoms with Crippen LogP contribution in [0.1, 0.15) is 5.56 Å². The number of aliphatic hydroxyl groups is 1. The number of rotatable bonds is 5. The van der Waals surface area contributed by atoms with Crippen LogP contribution in [0.25, 0.3) is 0 Å². The predicted octanol–water partition coefficient (Wildman–Crippen LogP) is 1.95. The Balaban J connectivity index is 2.37. The maximum Gasteiger partial charge on any atom is 0.133 e. The van der Waals surface area contributed by atoms with Crippen molar-refractivity contribution in [2.24, 2.45) is 0 Å². The smallest absolute Gasteiger partial charge is 0.133 e. The molecule has 0 heterocycles. The first-order chi connectivity index (χ1) is 7.24. The molecule has 0 aromatic heterocycles. The van der Waals surface area contributed by atoms with Crippen molar-refractivity contribution in [1.82, 2.24) is 0 Å². The molecule has 0 aliphatic heterocycles. The summed E-state index contributed by atoms with van der Waals surface area (Å²) in [6.45, 7) is 2.17. The molecule has 0 fully saturated rings. The third-order valence-corrected chi connectivity index (χ3v) is 2.55. The molecule has 3 nitrogen and oxygen atoms in total. The van der Waals surface area contributed by atoms with Crippen LogP contribution < -0.4 is 4.74 Å². The lowest BCUT2D eigenvalue weighted by Crippen LogP contribution is -2.20. The molecule has 1 aromatic carbocycles. The van der Waals surface area contributed by atoms with Crippen molar-refractivity contribution in [3.63, 3.8) is 0 Å². The normalized spacial score (nSPS) is 11.8. The molecule has 0 saturated carbocycles. The van der Waals surface area contributed by atoms with E-state index in [1.54, 1.807) is 0 Å². The molecule has 0 bridgehead atoms. The lowest BCUT2D eigenvalue weighted by molar-refractivity contribution is 0.126. The minimum atomic E-state index is -0.603. The summed E-state index contributed by atoms with van der Waals surface area (Å²) in [6.07, 6.45) is -0.603. The molecule has 0 unspecified atom stereocenters. The standard InChI is InChI=1S/C11H13NO2S/c1-9-4-2-3-5-11(9)14-6-10(13)7-15-8-12/h2-5,10,13H,6-7H2,1H3/t10-/m0/s1. The van der Waals surface area contributed by atoms with Crippen molar-refractivity contribution < 1.29 is 9.84 Å². The largest absolute Gasteiger partial charge is 0.491 e. The highest BCUT2D eigenvalue weighted by molar-refractivity contribution is 8.03. The van der Waals surface area contributed by atoms with Crippen molar-refractivity contribution in [2.45, 2.75) is 13.0 Å². The quantitative estimate of drug-likeness (QED) is 0.775. The van der Waals surface area contributed by atoms with Gasteiger partial charge in [0.05, 0.1) is 6.10 Å². The first kappa shape index (κ1) is 11.9. The first-order valence-corrected chi connectivity index (χ1v) is 5.60. The zero-order chi connectivity index (χ0) is 11.1. The van der Waals surface area contributed by atoms with E-state index in [1.807, 2.05) is 36.6 Å². The van der Waals surface area contributed by atoms with Gasteiger partial charge in [-0.05, 0) is 30.3 Å². The Morgan fingerprint density at radius 3 is 2.93 bits per heavy atom. The van der Waals surface area contributed by atoms with E-state index in [2.05, 4.69) is 0 Å². The van der Waals surface area contributed by atoms with E-state index in [4.69, 9.17) is 10.00 Å². The number of nitriles is 1. The molecule has 0 aliphatic carbocycles. The highest BCUT2D eigenvalue weighted by Gasteiger charge is 2.06. The molecule has 15 heavy (non-hydrogen) atoms. The molecule has 0 saturated heterocycles. The summed E-state index contributed by atoms with van der Waals surface area (Å²) < 4.78 is 5.42. The van der Waals surface area contributed by atoms with E-state index in [0.717, 1.165) is 23.1 Å². The number of aliphatic hydroxyl groups excluding tert-OH is 1. The molecule has 1 N–H and O–H groups in total. The van der Waals surface area contributed by atoms with E-state index in [0.29, 0.717) is 5.75 Å². The highest BCUT2D eigenvalue weighted by Crippen LogP contribution is 2.16. The topological polar surface area (TPSA) is 53.2 Å². The van der Waals surface area contributed by atoms with Gasteiger partial charge in [-0.1, -0.05) is 18.2 Å². The summed E-state index contributed by atoms with van der Waals surface area (Å²) in [4.78, 5) is 0. The molecule has 1 aromatic rings. The van der Waals surface area contributed by atoms with Gasteiger partial charge >= 0.3 is 0 Å². The number of thioether (sulfide) groups is 1. The summed E-state index contributed by atoms with van der Waals surface area (Å²) in [5.41, 5.74) is 1.04. The maximum atomic E-state index is 9.44. The zero-order valence-corrected chi connectivity index (χ0v) is 9.33. The van der Waals surface area contributed by atoms with Crippen molar-refractivity contribution in [1.29, 1.82) is 5.26 Å². The zero-order valence-electron chi connectivity index (χ0n) is 8.51. The average Bonchev–Trinajstić information content (AvgIpc) is 2.25. The van der Waals surface area contributed by atoms with Crippen LogP contribution in [0.4, 0.5) is 0 Å². The van der Waals surface area contributed by atoms with E-state index in [-0.39, 0.29) is 6.61 Å². The molecular formula is C11H13NO2S. The molecule has 0 radical (unpaired) electrons. The van der Waals surface area contributed by atoms with Gasteiger partial charge in [-0.25, -0.2) is 0 Å². The second kappa shape index (κ2) is 6.33. The van der Waals surface area contributed by atoms with Crippen molar-refractivity contribution in [3.8, 4) is 11.2 Å². The molecule has 1 atom stereocenters. The fourth-order valence-electron chi connectivity index (χ4n) is 1.09. The number of benzene rings is 1. The highest BCUT2D eigenvalue weighted by atomic mass is 32.2. The van der Waals surface area contributed by atoms with Gasteiger partial charge in [0.25, 0.3) is 0 Å². The SMILES string of the molecule is Cc1ccccc1OC[C@H](O)CSC#N. The van der Waals surface area contributed by atoms with Crippen molar-refractivity contribution in [3.05, 3.63) is 29.8 Å². The fourth-order valence-corrected chi connectivity index (χ4v) is 1.45. The van der Waals surface area contributed by atoms with Gasteiger partial charge in [0.1, 0.15) is 17.8 Å². The van der Waals surface area contributed by atoms with Crippen LogP contribution in [0.3, 0.4) is 0 Å². The van der Waals surface area contributed by atoms with Crippen LogP contribution in [-0.4, -0.2) is 23.6 Å². The first-order valence-electron chi connectivity index (χ1n) is 4.61. The van der Waals surface area contributed by atoms with Gasteiger partial charge < -0.3 is 9.84 Å². The minimum Gasteiger partial charge on any atom is -0.491 e. The number of hydrogen-bond donors (Lipinski definition) is 1. The van der Waals surface area contributed by atoms with Crippen molar-refractivity contribution in [2.75, 3.05) is 12.4 Å². The molecule has 0 aliphatic rings. The number of ether oxygens (including phenoxy) is 1. The summed E-state index contributed by atoms with van der Waals surface area (Å²) in [5, 5.41) is 19.7. The Morgan fingerprint density at radius 1 is 1.53 bits per heavy atom. The Kier molecular flexibility index (Phi) is 5.02. The van der Waals surface area contributed by atoms with Gasteiger partial charge in [0.2, 0.25) is 0 Å². The molecular weight excluding hydrogens is 210 g/mol. The van der Waals surface area contributed by atoms with E-state index < -0.39 is 6.10 Å². The Bertz CT molecular complexity index is 349. The van der Waals surface area contributed by atoms with E-state index in [1.165, 1.54) is 0 Å². The third kappa shape index (κ3) is 4.24. The van der Waals surface area contributed by atoms with Crippen LogP contribution in [0.5, 0.6) is 5.75 Å². The van der Waals surface area contributed by atoms with Gasteiger partial charge in [0.15, 0.2) is 0 Å². The summed E-state index contributed by atoms with van der Waals surface area (Å²) >= 11 is 1.03. The minimum absolute atomic E-state index is 0.222. The number of hydrogen-bond acceptors (Lipinski definition) is 4. The summed E-state index contributed by atoms with van der Waals surface area (Å²) in [5.74, 6) is 1.15. The molecule has 0 amide bonds. The number of nitrogens with zero attached hydrogens (tertiary/aromatic N) is 1. The second-order valence-electron chi connectivity index (χ2n) is 3.13. The summed E-state index contributed by atoms with van der Waals surface area (Å²) in [6, 6.07) is 7.63. The van der Waals surface area contributed by atoms with Crippen LogP contribution in [0.2, 0.25) is 0 Å². The lowest BCUT2D eigenvalue weighted by atomic mass is 10.2. The Morgan fingerprint density at radius 2 is 2.27 bits per heavy atom. The average molecular weight is 223 g/mol. The molecule has 1 rings (SSSR count). The van der Waals surface area contributed by atoms with Crippen LogP contribution in [0, 0.1) is 17.6 Å². The Labute approximate surface area is 93.7 Å². The van der Waals surface area contributed by atoms with Crippen LogP contribution in [0.15, 0.2) is 24.3 Å². The van der Waals surface area contributed by atoms with Gasteiger partial charge in [0, 0.05) is 5.75 Å². The molecule has 0 spiro atoms. The second-order valence-corrected chi connectivity index (χ2v) is 3.94. The number of thiocyanates is 1. The molecule has 4 heteroatoms. The molecule has 80 valence electrons. The van der Waals surface area contributed by atoms with E-state index >= 15 is 0 Å². The fraction of sp³-hybridized carbons (Fsp3) is 0.364. The predicted molar refractivity (Wildman–Crippen MR) is 60.8 cm³/mol. The lowest BCUT2D eigenvalue weighted by Gasteiger charge is -2.11. The van der Waals surface area contributed by atoms with Crippen molar-refractivity contribution >= 4 is 11.8 Å². The van der Waals surface area contributed by atoms with E-state index in [9.17, 15) is 5.11 Å². The third-order valence-electron chi connectivity index (χ3n) is 1.87. The number of aryl methyl sites for hydroxylation is 1. The maximum absolute atomic E-state index is 9.44. The number of para-hydroxylation sites is 1. The summed E-state index contributed by atoms with van der Waals surface area (Å²) in [7, 11) is 0. The monoisotopic (exact) mass is 223 g/mol. The van der Waals surface area contributed by atoms with Gasteiger partial charge in [-0.15, -0.1) is 0 Å². The van der Waals surface area contributed by atoms with Crippen LogP contribution in [-0.2, 0) is 0 Å². The van der Waals surface area contributed by atoms with Gasteiger partial charge in [-0.2, -0.15) is 5.26 Å². The van der Waals surface area contributed by atoms with Crippen LogP contribution >= 0.6 is 11.8 Å². The Hall–Kier alpha value is -1.18. The van der Waals surface area contributed by atoms with Gasteiger partial charge in [-0.3, -0.25) is 0 Å².